The smallest absolute Gasteiger partial charge is 0.264 e. The lowest BCUT2D eigenvalue weighted by Gasteiger charge is -2.33. The second kappa shape index (κ2) is 14.5. The molecule has 0 heterocycles. The number of methoxy groups -OCH3 is 1. The van der Waals surface area contributed by atoms with Crippen LogP contribution in [0.15, 0.2) is 83.8 Å². The zero-order valence-corrected chi connectivity index (χ0v) is 24.5. The van der Waals surface area contributed by atoms with E-state index in [0.717, 1.165) is 21.9 Å². The summed E-state index contributed by atoms with van der Waals surface area (Å²) in [7, 11) is -2.70. The van der Waals surface area contributed by atoms with Gasteiger partial charge in [-0.05, 0) is 61.6 Å². The zero-order valence-electron chi connectivity index (χ0n) is 23.7. The Kier molecular flexibility index (Phi) is 11.1. The molecular weight excluding hydrogens is 526 g/mol. The van der Waals surface area contributed by atoms with Gasteiger partial charge >= 0.3 is 0 Å². The largest absolute Gasteiger partial charge is 0.495 e. The number of hydrogen-bond donors (Lipinski definition) is 1. The molecule has 0 aliphatic heterocycles. The molecule has 1 N–H and O–H groups in total. The van der Waals surface area contributed by atoms with Gasteiger partial charge in [-0.3, -0.25) is 13.9 Å². The van der Waals surface area contributed by atoms with Crippen LogP contribution in [0.5, 0.6) is 5.75 Å². The monoisotopic (exact) mass is 565 g/mol. The minimum Gasteiger partial charge on any atom is -0.495 e. The van der Waals surface area contributed by atoms with Crippen molar-refractivity contribution < 1.29 is 22.7 Å². The lowest BCUT2D eigenvalue weighted by Crippen LogP contribution is -2.53. The molecule has 2 amide bonds. The number of ether oxygens (including phenoxy) is 1. The quantitative estimate of drug-likeness (QED) is 0.309. The first kappa shape index (κ1) is 30.7. The number of carbonyl (C=O) groups excluding carboxylic acids is 2. The van der Waals surface area contributed by atoms with Crippen molar-refractivity contribution in [3.05, 3.63) is 90.0 Å². The summed E-state index contributed by atoms with van der Waals surface area (Å²) in [4.78, 5) is 28.8. The van der Waals surface area contributed by atoms with Crippen LogP contribution in [-0.2, 0) is 26.0 Å². The van der Waals surface area contributed by atoms with Crippen LogP contribution < -0.4 is 14.4 Å². The van der Waals surface area contributed by atoms with Gasteiger partial charge in [-0.1, -0.05) is 68.4 Å². The highest BCUT2D eigenvalue weighted by molar-refractivity contribution is 7.92. The van der Waals surface area contributed by atoms with E-state index in [1.54, 1.807) is 30.3 Å². The van der Waals surface area contributed by atoms with Gasteiger partial charge in [0.15, 0.2) is 0 Å². The number of anilines is 1. The average molecular weight is 566 g/mol. The Balaban J connectivity index is 2.05. The van der Waals surface area contributed by atoms with Crippen molar-refractivity contribution in [1.29, 1.82) is 0 Å². The van der Waals surface area contributed by atoms with Crippen molar-refractivity contribution in [2.45, 2.75) is 51.0 Å². The fraction of sp³-hybridized carbons (Fsp3) is 0.355. The van der Waals surface area contributed by atoms with Gasteiger partial charge in [0.1, 0.15) is 18.3 Å². The summed E-state index contributed by atoms with van der Waals surface area (Å²) in [5.74, 6) is -0.407. The number of nitrogens with one attached hydrogen (secondary N) is 1. The van der Waals surface area contributed by atoms with Crippen LogP contribution >= 0.6 is 0 Å². The summed E-state index contributed by atoms with van der Waals surface area (Å²) >= 11 is 0. The van der Waals surface area contributed by atoms with E-state index in [9.17, 15) is 18.0 Å². The van der Waals surface area contributed by atoms with E-state index >= 15 is 0 Å². The molecular formula is C31H39N3O5S. The third-order valence-corrected chi connectivity index (χ3v) is 8.41. The first-order valence-electron chi connectivity index (χ1n) is 13.6. The van der Waals surface area contributed by atoms with Crippen molar-refractivity contribution in [3.8, 4) is 5.75 Å². The van der Waals surface area contributed by atoms with E-state index in [4.69, 9.17) is 4.74 Å². The molecule has 3 aromatic rings. The third-order valence-electron chi connectivity index (χ3n) is 6.63. The number of carbonyl (C=O) groups is 2. The van der Waals surface area contributed by atoms with Gasteiger partial charge in [0.2, 0.25) is 11.8 Å². The molecule has 1 atom stereocenters. The lowest BCUT2D eigenvalue weighted by molar-refractivity contribution is -0.139. The number of nitrogens with zero attached hydrogens (tertiary/aromatic N) is 2. The number of aryl methyl sites for hydroxylation is 1. The van der Waals surface area contributed by atoms with Crippen LogP contribution in [-0.4, -0.2) is 57.9 Å². The number of amides is 2. The maximum atomic E-state index is 14.1. The number of sulfonamides is 1. The van der Waals surface area contributed by atoms with Gasteiger partial charge < -0.3 is 15.0 Å². The molecule has 0 saturated heterocycles. The van der Waals surface area contributed by atoms with Gasteiger partial charge in [0, 0.05) is 13.1 Å². The van der Waals surface area contributed by atoms with Crippen molar-refractivity contribution in [2.24, 2.45) is 0 Å². The van der Waals surface area contributed by atoms with E-state index < -0.39 is 28.5 Å². The molecule has 3 rings (SSSR count). The molecule has 8 nitrogen and oxygen atoms in total. The molecule has 0 aliphatic carbocycles. The van der Waals surface area contributed by atoms with Crippen LogP contribution in [0, 0.1) is 6.92 Å². The highest BCUT2D eigenvalue weighted by atomic mass is 32.2. The van der Waals surface area contributed by atoms with Gasteiger partial charge in [-0.25, -0.2) is 8.42 Å². The van der Waals surface area contributed by atoms with E-state index in [1.165, 1.54) is 24.1 Å². The summed E-state index contributed by atoms with van der Waals surface area (Å²) in [5, 5.41) is 2.90. The minimum atomic E-state index is -4.16. The van der Waals surface area contributed by atoms with Gasteiger partial charge in [-0.2, -0.15) is 0 Å². The van der Waals surface area contributed by atoms with E-state index in [0.29, 0.717) is 25.1 Å². The van der Waals surface area contributed by atoms with Gasteiger partial charge in [0.05, 0.1) is 17.7 Å². The molecule has 0 bridgehead atoms. The van der Waals surface area contributed by atoms with E-state index in [-0.39, 0.29) is 23.0 Å². The van der Waals surface area contributed by atoms with Crippen LogP contribution in [0.25, 0.3) is 0 Å². The van der Waals surface area contributed by atoms with Gasteiger partial charge in [-0.15, -0.1) is 0 Å². The number of benzene rings is 3. The van der Waals surface area contributed by atoms with Crippen molar-refractivity contribution in [1.82, 2.24) is 10.2 Å². The minimum absolute atomic E-state index is 0.0509. The second-order valence-electron chi connectivity index (χ2n) is 9.54. The molecule has 0 unspecified atom stereocenters. The maximum absolute atomic E-state index is 14.1. The van der Waals surface area contributed by atoms with E-state index in [1.807, 2.05) is 57.2 Å². The van der Waals surface area contributed by atoms with Crippen molar-refractivity contribution >= 4 is 27.5 Å². The normalized spacial score (nSPS) is 11.9. The Hall–Kier alpha value is -3.85. The average Bonchev–Trinajstić information content (AvgIpc) is 2.97. The predicted molar refractivity (Wildman–Crippen MR) is 158 cm³/mol. The molecule has 9 heteroatoms. The summed E-state index contributed by atoms with van der Waals surface area (Å²) in [6, 6.07) is 22.1. The van der Waals surface area contributed by atoms with Crippen molar-refractivity contribution in [3.63, 3.8) is 0 Å². The highest BCUT2D eigenvalue weighted by Crippen LogP contribution is 2.33. The Labute approximate surface area is 238 Å². The number of rotatable bonds is 14. The Morgan fingerprint density at radius 3 is 2.20 bits per heavy atom. The fourth-order valence-corrected chi connectivity index (χ4v) is 5.93. The lowest BCUT2D eigenvalue weighted by atomic mass is 10.1. The number of hydrogen-bond acceptors (Lipinski definition) is 5. The van der Waals surface area contributed by atoms with Gasteiger partial charge in [0.25, 0.3) is 10.0 Å². The topological polar surface area (TPSA) is 96.0 Å². The molecule has 0 aromatic heterocycles. The first-order chi connectivity index (χ1) is 19.2. The zero-order chi connectivity index (χ0) is 29.1. The molecule has 0 saturated carbocycles. The molecule has 40 heavy (non-hydrogen) atoms. The molecule has 0 spiro atoms. The molecule has 0 radical (unpaired) electrons. The Bertz CT molecular complexity index is 1360. The van der Waals surface area contributed by atoms with Crippen LogP contribution in [0.4, 0.5) is 5.69 Å². The summed E-state index contributed by atoms with van der Waals surface area (Å²) in [6.45, 7) is 5.90. The molecule has 3 aromatic carbocycles. The molecule has 0 aliphatic rings. The third kappa shape index (κ3) is 7.63. The Morgan fingerprint density at radius 2 is 1.60 bits per heavy atom. The molecule has 214 valence electrons. The highest BCUT2D eigenvalue weighted by Gasteiger charge is 2.34. The second-order valence-corrected chi connectivity index (χ2v) is 11.4. The Morgan fingerprint density at radius 1 is 0.950 bits per heavy atom. The van der Waals surface area contributed by atoms with Crippen molar-refractivity contribution in [2.75, 3.05) is 31.0 Å². The SMILES string of the molecule is CCCNC(=O)[C@H](CC)N(CCc1ccccc1)C(=O)CN(c1cc(C)ccc1OC)S(=O)(=O)c1ccccc1. The van der Waals surface area contributed by atoms with Crippen LogP contribution in [0.2, 0.25) is 0 Å². The summed E-state index contributed by atoms with van der Waals surface area (Å²) in [6.07, 6.45) is 1.66. The predicted octanol–water partition coefficient (Wildman–Crippen LogP) is 4.58. The maximum Gasteiger partial charge on any atom is 0.264 e. The van der Waals surface area contributed by atoms with Crippen LogP contribution in [0.3, 0.4) is 0 Å². The van der Waals surface area contributed by atoms with Crippen LogP contribution in [0.1, 0.15) is 37.8 Å². The standard InChI is InChI=1S/C31H39N3O5S/c1-5-20-32-31(36)27(6-2)33(21-19-25-13-9-7-10-14-25)30(35)23-34(28-22-24(3)17-18-29(28)39-4)40(37,38)26-15-11-8-12-16-26/h7-18,22,27H,5-6,19-21,23H2,1-4H3,(H,32,36)/t27-/m0/s1. The fourth-order valence-electron chi connectivity index (χ4n) is 4.49. The van der Waals surface area contributed by atoms with E-state index in [2.05, 4.69) is 5.32 Å². The summed E-state index contributed by atoms with van der Waals surface area (Å²) in [5.41, 5.74) is 2.08. The summed E-state index contributed by atoms with van der Waals surface area (Å²) < 4.78 is 34.6. The first-order valence-corrected chi connectivity index (χ1v) is 15.0. The molecule has 0 fully saturated rings.